The molecular weight excluding hydrogens is 227 g/mol. The molecule has 6 heteroatoms. The molecule has 0 fully saturated rings. The number of amides is 1. The Bertz CT molecular complexity index is 488. The van der Waals surface area contributed by atoms with Gasteiger partial charge in [-0.1, -0.05) is 0 Å². The summed E-state index contributed by atoms with van der Waals surface area (Å²) >= 11 is 0. The van der Waals surface area contributed by atoms with Crippen molar-refractivity contribution >= 4 is 5.91 Å². The van der Waals surface area contributed by atoms with Gasteiger partial charge in [-0.25, -0.2) is 0 Å². The van der Waals surface area contributed by atoms with E-state index in [0.717, 1.165) is 11.1 Å². The summed E-state index contributed by atoms with van der Waals surface area (Å²) in [7, 11) is 0. The third kappa shape index (κ3) is 2.49. The largest absolute Gasteiger partial charge is 1.00 e. The fraction of sp³-hybridized carbons (Fsp3) is 0.417. The summed E-state index contributed by atoms with van der Waals surface area (Å²) in [5.41, 5.74) is 8.28. The second-order valence-electron chi connectivity index (χ2n) is 4.89. The molecule has 18 heavy (non-hydrogen) atoms. The van der Waals surface area contributed by atoms with Crippen LogP contribution in [0.2, 0.25) is 0 Å². The van der Waals surface area contributed by atoms with Crippen LogP contribution < -0.4 is 24.2 Å². The van der Waals surface area contributed by atoms with E-state index in [2.05, 4.69) is 5.32 Å². The number of fused-ring (bicyclic) bond motifs is 1. The second-order valence-corrected chi connectivity index (χ2v) is 4.89. The van der Waals surface area contributed by atoms with E-state index in [4.69, 9.17) is 5.73 Å². The molecule has 0 bridgehead atoms. The Morgan fingerprint density at radius 1 is 1.39 bits per heavy atom. The van der Waals surface area contributed by atoms with Crippen molar-refractivity contribution in [2.45, 2.75) is 31.8 Å². The number of carbonyl (C=O) groups is 1. The standard InChI is InChI=1S/C12H16N2O3.Li/c1-12(2)7-5-10(16)9(15)4-6(7)3-8(14-12)11(13)17;/h4-5,8,14H,3H2,1-2H3,(H4,13,15,16,17);/q;+1/p-1/t8-;/m0./s1. The maximum absolute atomic E-state index is 11.1. The molecular formula is C12H15LiN2O3. The first-order valence-corrected chi connectivity index (χ1v) is 5.40. The van der Waals surface area contributed by atoms with Crippen LogP contribution in [0.4, 0.5) is 0 Å². The fourth-order valence-corrected chi connectivity index (χ4v) is 2.31. The summed E-state index contributed by atoms with van der Waals surface area (Å²) in [6.07, 6.45) is 0.356. The van der Waals surface area contributed by atoms with E-state index in [9.17, 15) is 15.0 Å². The van der Waals surface area contributed by atoms with Gasteiger partial charge in [-0.05, 0) is 43.5 Å². The van der Waals surface area contributed by atoms with E-state index in [1.165, 1.54) is 12.1 Å². The van der Waals surface area contributed by atoms with Crippen molar-refractivity contribution in [3.8, 4) is 11.5 Å². The minimum absolute atomic E-state index is 0. The van der Waals surface area contributed by atoms with E-state index in [1.807, 2.05) is 13.8 Å². The Balaban J connectivity index is 0.00000162. The van der Waals surface area contributed by atoms with Gasteiger partial charge in [0.1, 0.15) is 0 Å². The summed E-state index contributed by atoms with van der Waals surface area (Å²) in [5.74, 6) is -1.04. The van der Waals surface area contributed by atoms with Gasteiger partial charge in [0.15, 0.2) is 11.5 Å². The molecule has 1 aromatic rings. The molecule has 1 amide bonds. The number of phenolic OH excluding ortho intramolecular Hbond substituents is 2. The minimum atomic E-state index is -0.670. The van der Waals surface area contributed by atoms with Crippen LogP contribution in [0.15, 0.2) is 12.1 Å². The number of benzene rings is 1. The van der Waals surface area contributed by atoms with Gasteiger partial charge in [0.05, 0.1) is 11.9 Å². The minimum Gasteiger partial charge on any atom is -0.666 e. The molecule has 0 radical (unpaired) electrons. The Hall–Kier alpha value is -1.15. The van der Waals surface area contributed by atoms with Crippen molar-refractivity contribution in [2.24, 2.45) is 0 Å². The van der Waals surface area contributed by atoms with Crippen LogP contribution >= 0.6 is 0 Å². The summed E-state index contributed by atoms with van der Waals surface area (Å²) in [6.45, 7) is 3.74. The predicted molar refractivity (Wildman–Crippen MR) is 62.8 cm³/mol. The number of rotatable bonds is 1. The number of nitrogens with one attached hydrogen (secondary N) is 2. The van der Waals surface area contributed by atoms with Gasteiger partial charge in [-0.3, -0.25) is 5.32 Å². The summed E-state index contributed by atoms with van der Waals surface area (Å²) in [4.78, 5) is 11.1. The smallest absolute Gasteiger partial charge is 0.666 e. The quantitative estimate of drug-likeness (QED) is 0.409. The number of phenols is 2. The predicted octanol–water partition coefficient (Wildman–Crippen LogP) is -1.57. The first-order valence-electron chi connectivity index (χ1n) is 5.40. The first kappa shape index (κ1) is 14.9. The molecule has 2 rings (SSSR count). The van der Waals surface area contributed by atoms with Crippen LogP contribution in [0.1, 0.15) is 25.0 Å². The van der Waals surface area contributed by atoms with Crippen molar-refractivity contribution < 1.29 is 33.9 Å². The Morgan fingerprint density at radius 3 is 2.50 bits per heavy atom. The van der Waals surface area contributed by atoms with E-state index >= 15 is 0 Å². The van der Waals surface area contributed by atoms with Crippen molar-refractivity contribution in [3.05, 3.63) is 29.0 Å². The molecule has 1 heterocycles. The maximum Gasteiger partial charge on any atom is 1.00 e. The molecule has 0 aromatic heterocycles. The van der Waals surface area contributed by atoms with Gasteiger partial charge >= 0.3 is 18.9 Å². The third-order valence-electron chi connectivity index (χ3n) is 3.15. The number of aromatic hydroxyl groups is 2. The molecule has 1 atom stereocenters. The molecule has 0 unspecified atom stereocenters. The SMILES string of the molecule is CC1(C)N[C@H](C([NH-])=O)Cc2cc(O)c(O)cc21.[Li+]. The van der Waals surface area contributed by atoms with Gasteiger partial charge in [0, 0.05) is 5.54 Å². The van der Waals surface area contributed by atoms with Crippen molar-refractivity contribution in [3.63, 3.8) is 0 Å². The fourth-order valence-electron chi connectivity index (χ4n) is 2.31. The molecule has 0 saturated carbocycles. The van der Waals surface area contributed by atoms with Crippen LogP contribution in [-0.2, 0) is 16.8 Å². The van der Waals surface area contributed by atoms with Gasteiger partial charge in [0.2, 0.25) is 0 Å². The molecule has 1 aromatic carbocycles. The topological polar surface area (TPSA) is 93.4 Å². The molecule has 1 aliphatic heterocycles. The van der Waals surface area contributed by atoms with Crippen LogP contribution in [0.25, 0.3) is 5.73 Å². The van der Waals surface area contributed by atoms with Crippen LogP contribution in [0.3, 0.4) is 0 Å². The Kier molecular flexibility index (Phi) is 4.01. The number of hydrogen-bond acceptors (Lipinski definition) is 4. The molecule has 0 saturated heterocycles. The second kappa shape index (κ2) is 4.85. The Morgan fingerprint density at radius 2 is 1.94 bits per heavy atom. The summed E-state index contributed by atoms with van der Waals surface area (Å²) < 4.78 is 0. The van der Waals surface area contributed by atoms with E-state index in [1.54, 1.807) is 0 Å². The van der Waals surface area contributed by atoms with Crippen molar-refractivity contribution in [2.75, 3.05) is 0 Å². The molecule has 0 spiro atoms. The summed E-state index contributed by atoms with van der Waals surface area (Å²) in [5, 5.41) is 22.0. The zero-order valence-electron chi connectivity index (χ0n) is 10.7. The van der Waals surface area contributed by atoms with Crippen LogP contribution in [0, 0.1) is 0 Å². The van der Waals surface area contributed by atoms with Gasteiger partial charge in [-0.2, -0.15) is 0 Å². The monoisotopic (exact) mass is 242 g/mol. The zero-order chi connectivity index (χ0) is 12.8. The first-order chi connectivity index (χ1) is 7.81. The van der Waals surface area contributed by atoms with E-state index < -0.39 is 17.5 Å². The van der Waals surface area contributed by atoms with Crippen molar-refractivity contribution in [1.82, 2.24) is 5.32 Å². The number of hydrogen-bond donors (Lipinski definition) is 3. The number of carbonyl (C=O) groups excluding carboxylic acids is 1. The van der Waals surface area contributed by atoms with Gasteiger partial charge in [0.25, 0.3) is 0 Å². The third-order valence-corrected chi connectivity index (χ3v) is 3.15. The van der Waals surface area contributed by atoms with Crippen LogP contribution in [-0.4, -0.2) is 22.2 Å². The molecule has 1 aliphatic rings. The molecule has 4 N–H and O–H groups in total. The van der Waals surface area contributed by atoms with Gasteiger partial charge in [-0.15, -0.1) is 0 Å². The maximum atomic E-state index is 11.1. The molecule has 0 aliphatic carbocycles. The molecule has 5 nitrogen and oxygen atoms in total. The summed E-state index contributed by atoms with van der Waals surface area (Å²) in [6, 6.07) is 2.40. The van der Waals surface area contributed by atoms with E-state index in [-0.39, 0.29) is 30.4 Å². The van der Waals surface area contributed by atoms with E-state index in [0.29, 0.717) is 6.42 Å². The van der Waals surface area contributed by atoms with Crippen molar-refractivity contribution in [1.29, 1.82) is 0 Å². The normalized spacial score (nSPS) is 20.7. The average Bonchev–Trinajstić information content (AvgIpc) is 2.20. The average molecular weight is 242 g/mol. The van der Waals surface area contributed by atoms with Crippen LogP contribution in [0.5, 0.6) is 11.5 Å². The van der Waals surface area contributed by atoms with Gasteiger partial charge < -0.3 is 20.7 Å². The Labute approximate surface area is 118 Å². The molecule has 92 valence electrons. The zero-order valence-corrected chi connectivity index (χ0v) is 10.7.